The largest absolute Gasteiger partial charge is 0.394 e. The molecule has 1 aliphatic carbocycles. The van der Waals surface area contributed by atoms with Crippen molar-refractivity contribution in [3.8, 4) is 0 Å². The van der Waals surface area contributed by atoms with Gasteiger partial charge >= 0.3 is 0 Å². The Kier molecular flexibility index (Phi) is 4.12. The summed E-state index contributed by atoms with van der Waals surface area (Å²) in [4.78, 5) is 1.17. The molecule has 0 radical (unpaired) electrons. The molecule has 1 fully saturated rings. The number of hydrogen-bond donors (Lipinski definition) is 2. The van der Waals surface area contributed by atoms with Crippen LogP contribution in [0.15, 0.2) is 17.3 Å². The molecule has 17 heavy (non-hydrogen) atoms. The van der Waals surface area contributed by atoms with Crippen molar-refractivity contribution in [2.24, 2.45) is 13.0 Å². The normalized spacial score (nSPS) is 19.2. The average Bonchev–Trinajstić information content (AvgIpc) is 3.09. The molecule has 1 heterocycles. The Labute approximate surface area is 107 Å². The molecule has 0 saturated heterocycles. The Morgan fingerprint density at radius 1 is 1.65 bits per heavy atom. The van der Waals surface area contributed by atoms with Gasteiger partial charge in [0, 0.05) is 23.9 Å². The highest BCUT2D eigenvalue weighted by Gasteiger charge is 2.44. The number of hydrogen-bond acceptors (Lipinski definition) is 4. The Balaban J connectivity index is 1.97. The summed E-state index contributed by atoms with van der Waals surface area (Å²) in [7, 11) is 1.93. The zero-order valence-electron chi connectivity index (χ0n) is 10.5. The van der Waals surface area contributed by atoms with Crippen LogP contribution in [0.5, 0.6) is 0 Å². The van der Waals surface area contributed by atoms with Crippen LogP contribution in [-0.2, 0) is 7.05 Å². The number of nitrogens with zero attached hydrogens (tertiary/aromatic N) is 2. The third-order valence-electron chi connectivity index (χ3n) is 3.35. The summed E-state index contributed by atoms with van der Waals surface area (Å²) < 4.78 is 1.81. The van der Waals surface area contributed by atoms with Gasteiger partial charge in [0.2, 0.25) is 0 Å². The summed E-state index contributed by atoms with van der Waals surface area (Å²) in [5, 5.41) is 17.4. The van der Waals surface area contributed by atoms with Crippen molar-refractivity contribution in [1.82, 2.24) is 15.1 Å². The highest BCUT2D eigenvalue weighted by atomic mass is 32.2. The van der Waals surface area contributed by atoms with Crippen LogP contribution in [0.25, 0.3) is 0 Å². The summed E-state index contributed by atoms with van der Waals surface area (Å²) in [6.45, 7) is 3.23. The second-order valence-corrected chi connectivity index (χ2v) is 5.81. The summed E-state index contributed by atoms with van der Waals surface area (Å²) in [6.07, 6.45) is 6.37. The van der Waals surface area contributed by atoms with Crippen molar-refractivity contribution in [1.29, 1.82) is 0 Å². The van der Waals surface area contributed by atoms with Crippen LogP contribution in [-0.4, -0.2) is 39.3 Å². The lowest BCUT2D eigenvalue weighted by atomic mass is 9.97. The number of likely N-dealkylation sites (N-methyl/N-ethyl adjacent to an activating group) is 1. The minimum Gasteiger partial charge on any atom is -0.394 e. The number of rotatable bonds is 7. The smallest absolute Gasteiger partial charge is 0.0625 e. The van der Waals surface area contributed by atoms with E-state index in [1.165, 1.54) is 17.7 Å². The van der Waals surface area contributed by atoms with Crippen molar-refractivity contribution >= 4 is 11.8 Å². The van der Waals surface area contributed by atoms with E-state index in [-0.39, 0.29) is 12.1 Å². The van der Waals surface area contributed by atoms with Gasteiger partial charge in [-0.1, -0.05) is 6.92 Å². The first-order valence-corrected chi connectivity index (χ1v) is 7.16. The Morgan fingerprint density at radius 2 is 2.41 bits per heavy atom. The van der Waals surface area contributed by atoms with Gasteiger partial charge in [-0.2, -0.15) is 5.10 Å². The first kappa shape index (κ1) is 12.9. The van der Waals surface area contributed by atoms with E-state index in [9.17, 15) is 5.11 Å². The van der Waals surface area contributed by atoms with E-state index in [0.29, 0.717) is 5.92 Å². The number of aliphatic hydroxyl groups excluding tert-OH is 1. The van der Waals surface area contributed by atoms with Gasteiger partial charge in [0.05, 0.1) is 18.3 Å². The zero-order valence-corrected chi connectivity index (χ0v) is 11.3. The molecule has 5 heteroatoms. The molecule has 0 spiro atoms. The molecule has 1 aromatic rings. The second kappa shape index (κ2) is 5.42. The lowest BCUT2D eigenvalue weighted by molar-refractivity contribution is 0.161. The van der Waals surface area contributed by atoms with Crippen LogP contribution in [0.1, 0.15) is 19.8 Å². The van der Waals surface area contributed by atoms with Crippen molar-refractivity contribution in [2.75, 3.05) is 18.9 Å². The van der Waals surface area contributed by atoms with E-state index in [1.54, 1.807) is 11.8 Å². The number of thioether (sulfide) groups is 1. The lowest BCUT2D eigenvalue weighted by Gasteiger charge is -2.32. The molecule has 0 aromatic carbocycles. The van der Waals surface area contributed by atoms with Crippen LogP contribution in [0.3, 0.4) is 0 Å². The maximum Gasteiger partial charge on any atom is 0.0625 e. The number of aryl methyl sites for hydroxylation is 1. The molecule has 96 valence electrons. The van der Waals surface area contributed by atoms with E-state index in [2.05, 4.69) is 17.3 Å². The van der Waals surface area contributed by atoms with E-state index in [0.717, 1.165) is 12.3 Å². The Hall–Kier alpha value is -0.520. The third-order valence-corrected chi connectivity index (χ3v) is 4.55. The standard InChI is InChI=1S/C12H21N3OS/c1-3-13-12(8-16,10-4-5-10)9-17-11-6-14-15(2)7-11/h6-7,10,13,16H,3-5,8-9H2,1-2H3. The van der Waals surface area contributed by atoms with Gasteiger partial charge in [0.1, 0.15) is 0 Å². The minimum atomic E-state index is -0.102. The van der Waals surface area contributed by atoms with Crippen molar-refractivity contribution in [3.05, 3.63) is 12.4 Å². The van der Waals surface area contributed by atoms with Crippen LogP contribution in [0.2, 0.25) is 0 Å². The fourth-order valence-corrected chi connectivity index (χ4v) is 3.42. The van der Waals surface area contributed by atoms with Crippen molar-refractivity contribution in [2.45, 2.75) is 30.2 Å². The van der Waals surface area contributed by atoms with Gasteiger partial charge in [-0.05, 0) is 25.3 Å². The maximum atomic E-state index is 9.70. The molecule has 0 amide bonds. The Morgan fingerprint density at radius 3 is 2.88 bits per heavy atom. The van der Waals surface area contributed by atoms with Crippen molar-refractivity contribution < 1.29 is 5.11 Å². The van der Waals surface area contributed by atoms with E-state index < -0.39 is 0 Å². The quantitative estimate of drug-likeness (QED) is 0.720. The topological polar surface area (TPSA) is 50.1 Å². The predicted molar refractivity (Wildman–Crippen MR) is 70.1 cm³/mol. The number of aromatic nitrogens is 2. The SMILES string of the molecule is CCNC(CO)(CSc1cnn(C)c1)C1CC1. The second-order valence-electron chi connectivity index (χ2n) is 4.76. The van der Waals surface area contributed by atoms with Gasteiger partial charge in [-0.25, -0.2) is 0 Å². The Bertz CT molecular complexity index is 364. The van der Waals surface area contributed by atoms with Gasteiger partial charge < -0.3 is 10.4 Å². The minimum absolute atomic E-state index is 0.102. The highest BCUT2D eigenvalue weighted by molar-refractivity contribution is 7.99. The van der Waals surface area contributed by atoms with Crippen LogP contribution < -0.4 is 5.32 Å². The molecular formula is C12H21N3OS. The van der Waals surface area contributed by atoms with Crippen LogP contribution >= 0.6 is 11.8 Å². The molecule has 1 saturated carbocycles. The molecular weight excluding hydrogens is 234 g/mol. The molecule has 1 aromatic heterocycles. The average molecular weight is 255 g/mol. The summed E-state index contributed by atoms with van der Waals surface area (Å²) in [5.74, 6) is 1.55. The predicted octanol–water partition coefficient (Wildman–Crippen LogP) is 1.26. The number of nitrogens with one attached hydrogen (secondary N) is 1. The summed E-state index contributed by atoms with van der Waals surface area (Å²) in [6, 6.07) is 0. The molecule has 2 N–H and O–H groups in total. The van der Waals surface area contributed by atoms with E-state index in [4.69, 9.17) is 0 Å². The van der Waals surface area contributed by atoms with Gasteiger partial charge in [0.15, 0.2) is 0 Å². The molecule has 0 bridgehead atoms. The highest BCUT2D eigenvalue weighted by Crippen LogP contribution is 2.42. The van der Waals surface area contributed by atoms with Crippen LogP contribution in [0.4, 0.5) is 0 Å². The molecule has 2 rings (SSSR count). The molecule has 4 nitrogen and oxygen atoms in total. The van der Waals surface area contributed by atoms with E-state index >= 15 is 0 Å². The monoisotopic (exact) mass is 255 g/mol. The van der Waals surface area contributed by atoms with Crippen LogP contribution in [0, 0.1) is 5.92 Å². The van der Waals surface area contributed by atoms with Gasteiger partial charge in [0.25, 0.3) is 0 Å². The van der Waals surface area contributed by atoms with Crippen molar-refractivity contribution in [3.63, 3.8) is 0 Å². The number of aliphatic hydroxyl groups is 1. The molecule has 1 unspecified atom stereocenters. The fraction of sp³-hybridized carbons (Fsp3) is 0.750. The zero-order chi connectivity index (χ0) is 12.3. The van der Waals surface area contributed by atoms with E-state index in [1.807, 2.05) is 24.1 Å². The molecule has 0 aliphatic heterocycles. The first-order chi connectivity index (χ1) is 8.20. The fourth-order valence-electron chi connectivity index (χ4n) is 2.22. The summed E-state index contributed by atoms with van der Waals surface area (Å²) in [5.41, 5.74) is -0.102. The molecule has 1 aliphatic rings. The summed E-state index contributed by atoms with van der Waals surface area (Å²) >= 11 is 1.78. The lowest BCUT2D eigenvalue weighted by Crippen LogP contribution is -2.52. The van der Waals surface area contributed by atoms with Gasteiger partial charge in [-0.3, -0.25) is 4.68 Å². The van der Waals surface area contributed by atoms with Gasteiger partial charge in [-0.15, -0.1) is 11.8 Å². The first-order valence-electron chi connectivity index (χ1n) is 6.17. The third kappa shape index (κ3) is 3.03. The molecule has 1 atom stereocenters. The maximum absolute atomic E-state index is 9.70.